The lowest BCUT2D eigenvalue weighted by Crippen LogP contribution is -1.80. The van der Waals surface area contributed by atoms with Gasteiger partial charge in [0.05, 0.1) is 0 Å². The summed E-state index contributed by atoms with van der Waals surface area (Å²) < 4.78 is 0. The predicted octanol–water partition coefficient (Wildman–Crippen LogP) is 2.22. The van der Waals surface area contributed by atoms with Gasteiger partial charge in [0.25, 0.3) is 0 Å². The molecular weight excluding hydrogens is 156 g/mol. The van der Waals surface area contributed by atoms with Crippen LogP contribution in [0.15, 0.2) is 12.7 Å². The molecule has 0 atom stereocenters. The van der Waals surface area contributed by atoms with E-state index in [1.807, 2.05) is 6.08 Å². The minimum absolute atomic E-state index is 0.987. The Kier molecular flexibility index (Phi) is 3.23. The van der Waals surface area contributed by atoms with Gasteiger partial charge in [-0.25, -0.2) is 0 Å². The monoisotopic (exact) mass is 168 g/mol. The van der Waals surface area contributed by atoms with Gasteiger partial charge in [-0.15, -0.1) is 28.1 Å². The highest BCUT2D eigenvalue weighted by molar-refractivity contribution is 7.11. The fraction of sp³-hybridized carbons (Fsp3) is 0.500. The van der Waals surface area contributed by atoms with E-state index in [0.29, 0.717) is 0 Å². The van der Waals surface area contributed by atoms with Crippen molar-refractivity contribution in [2.24, 2.45) is 0 Å². The number of nitrogens with zero attached hydrogens (tertiary/aromatic N) is 2. The zero-order valence-corrected chi connectivity index (χ0v) is 7.52. The Balaban J connectivity index is 2.50. The van der Waals surface area contributed by atoms with E-state index in [0.717, 1.165) is 29.3 Å². The highest BCUT2D eigenvalue weighted by atomic mass is 32.1. The van der Waals surface area contributed by atoms with Crippen LogP contribution in [0.4, 0.5) is 0 Å². The highest BCUT2D eigenvalue weighted by Gasteiger charge is 1.99. The minimum Gasteiger partial charge on any atom is -0.144 e. The standard InChI is InChI=1S/C8H12N2S/c1-3-5-6-8-10-9-7(4-2)11-8/h3H,1,4-6H2,2H3. The SMILES string of the molecule is C=CCCc1nnc(CC)s1. The van der Waals surface area contributed by atoms with Crippen LogP contribution in [0.5, 0.6) is 0 Å². The molecule has 11 heavy (non-hydrogen) atoms. The van der Waals surface area contributed by atoms with Crippen molar-refractivity contribution in [2.75, 3.05) is 0 Å². The Bertz CT molecular complexity index is 230. The summed E-state index contributed by atoms with van der Waals surface area (Å²) in [7, 11) is 0. The van der Waals surface area contributed by atoms with Crippen molar-refractivity contribution in [3.8, 4) is 0 Å². The van der Waals surface area contributed by atoms with Gasteiger partial charge in [0, 0.05) is 6.42 Å². The molecule has 0 bridgehead atoms. The van der Waals surface area contributed by atoms with Crippen LogP contribution in [0.3, 0.4) is 0 Å². The molecule has 0 radical (unpaired) electrons. The summed E-state index contributed by atoms with van der Waals surface area (Å²) in [5.41, 5.74) is 0. The maximum atomic E-state index is 4.05. The van der Waals surface area contributed by atoms with Gasteiger partial charge in [-0.2, -0.15) is 0 Å². The molecule has 1 aromatic rings. The molecule has 0 aliphatic rings. The second-order valence-electron chi connectivity index (χ2n) is 2.27. The van der Waals surface area contributed by atoms with Gasteiger partial charge in [-0.1, -0.05) is 13.0 Å². The molecule has 0 spiro atoms. The van der Waals surface area contributed by atoms with E-state index in [1.54, 1.807) is 11.3 Å². The molecule has 0 aromatic carbocycles. The second kappa shape index (κ2) is 4.23. The molecule has 0 saturated carbocycles. The zero-order chi connectivity index (χ0) is 8.10. The Morgan fingerprint density at radius 3 is 2.73 bits per heavy atom. The number of rotatable bonds is 4. The van der Waals surface area contributed by atoms with Crippen LogP contribution < -0.4 is 0 Å². The van der Waals surface area contributed by atoms with Crippen molar-refractivity contribution in [2.45, 2.75) is 26.2 Å². The summed E-state index contributed by atoms with van der Waals surface area (Å²) in [6.07, 6.45) is 4.89. The summed E-state index contributed by atoms with van der Waals surface area (Å²) in [5.74, 6) is 0. The maximum Gasteiger partial charge on any atom is 0.117 e. The Labute approximate surface area is 71.0 Å². The van der Waals surface area contributed by atoms with Gasteiger partial charge >= 0.3 is 0 Å². The van der Waals surface area contributed by atoms with Gasteiger partial charge in [0.15, 0.2) is 0 Å². The summed E-state index contributed by atoms with van der Waals surface area (Å²) in [5, 5.41) is 10.3. The van der Waals surface area contributed by atoms with Crippen LogP contribution in [-0.2, 0) is 12.8 Å². The molecule has 0 aliphatic carbocycles. The van der Waals surface area contributed by atoms with Crippen molar-refractivity contribution in [1.29, 1.82) is 0 Å². The Morgan fingerprint density at radius 2 is 2.18 bits per heavy atom. The van der Waals surface area contributed by atoms with E-state index >= 15 is 0 Å². The summed E-state index contributed by atoms with van der Waals surface area (Å²) >= 11 is 1.70. The third kappa shape index (κ3) is 2.42. The van der Waals surface area contributed by atoms with Gasteiger partial charge in [-0.05, 0) is 12.8 Å². The van der Waals surface area contributed by atoms with Crippen LogP contribution in [0.1, 0.15) is 23.4 Å². The molecular formula is C8H12N2S. The lowest BCUT2D eigenvalue weighted by atomic mass is 10.3. The first-order valence-electron chi connectivity index (χ1n) is 3.79. The van der Waals surface area contributed by atoms with Gasteiger partial charge in [0.2, 0.25) is 0 Å². The number of hydrogen-bond acceptors (Lipinski definition) is 3. The van der Waals surface area contributed by atoms with E-state index in [9.17, 15) is 0 Å². The van der Waals surface area contributed by atoms with Crippen molar-refractivity contribution in [3.05, 3.63) is 22.7 Å². The van der Waals surface area contributed by atoms with Gasteiger partial charge in [-0.3, -0.25) is 0 Å². The molecule has 0 fully saturated rings. The molecule has 0 N–H and O–H groups in total. The average molecular weight is 168 g/mol. The molecule has 1 heterocycles. The second-order valence-corrected chi connectivity index (χ2v) is 3.42. The molecule has 0 saturated heterocycles. The number of allylic oxidation sites excluding steroid dienone is 1. The molecule has 0 unspecified atom stereocenters. The smallest absolute Gasteiger partial charge is 0.117 e. The first-order chi connectivity index (χ1) is 5.36. The van der Waals surface area contributed by atoms with Crippen molar-refractivity contribution in [3.63, 3.8) is 0 Å². The average Bonchev–Trinajstić information content (AvgIpc) is 2.48. The number of aryl methyl sites for hydroxylation is 2. The fourth-order valence-corrected chi connectivity index (χ4v) is 1.56. The summed E-state index contributed by atoms with van der Waals surface area (Å²) in [6, 6.07) is 0. The predicted molar refractivity (Wildman–Crippen MR) is 47.8 cm³/mol. The molecule has 1 aromatic heterocycles. The lowest BCUT2D eigenvalue weighted by molar-refractivity contribution is 0.904. The first kappa shape index (κ1) is 8.40. The van der Waals surface area contributed by atoms with Crippen LogP contribution in [0.25, 0.3) is 0 Å². The number of hydrogen-bond donors (Lipinski definition) is 0. The zero-order valence-electron chi connectivity index (χ0n) is 6.71. The van der Waals surface area contributed by atoms with Crippen LogP contribution >= 0.6 is 11.3 Å². The third-order valence-electron chi connectivity index (χ3n) is 1.37. The van der Waals surface area contributed by atoms with E-state index in [-0.39, 0.29) is 0 Å². The molecule has 0 amide bonds. The van der Waals surface area contributed by atoms with Gasteiger partial charge < -0.3 is 0 Å². The largest absolute Gasteiger partial charge is 0.144 e. The maximum absolute atomic E-state index is 4.05. The third-order valence-corrected chi connectivity index (χ3v) is 2.50. The fourth-order valence-electron chi connectivity index (χ4n) is 0.758. The molecule has 0 aliphatic heterocycles. The van der Waals surface area contributed by atoms with Crippen molar-refractivity contribution in [1.82, 2.24) is 10.2 Å². The quantitative estimate of drug-likeness (QED) is 0.644. The lowest BCUT2D eigenvalue weighted by Gasteiger charge is -1.85. The van der Waals surface area contributed by atoms with Crippen LogP contribution in [0, 0.1) is 0 Å². The van der Waals surface area contributed by atoms with Crippen molar-refractivity contribution < 1.29 is 0 Å². The normalized spacial score (nSPS) is 9.91. The highest BCUT2D eigenvalue weighted by Crippen LogP contribution is 2.11. The van der Waals surface area contributed by atoms with E-state index in [4.69, 9.17) is 0 Å². The summed E-state index contributed by atoms with van der Waals surface area (Å²) in [6.45, 7) is 5.75. The van der Waals surface area contributed by atoms with Gasteiger partial charge in [0.1, 0.15) is 10.0 Å². The summed E-state index contributed by atoms with van der Waals surface area (Å²) in [4.78, 5) is 0. The van der Waals surface area contributed by atoms with E-state index in [1.165, 1.54) is 0 Å². The van der Waals surface area contributed by atoms with Crippen LogP contribution in [-0.4, -0.2) is 10.2 Å². The topological polar surface area (TPSA) is 25.8 Å². The Morgan fingerprint density at radius 1 is 1.45 bits per heavy atom. The number of aromatic nitrogens is 2. The molecule has 2 nitrogen and oxygen atoms in total. The van der Waals surface area contributed by atoms with E-state index < -0.39 is 0 Å². The Hall–Kier alpha value is -0.700. The first-order valence-corrected chi connectivity index (χ1v) is 4.60. The van der Waals surface area contributed by atoms with Crippen molar-refractivity contribution >= 4 is 11.3 Å². The molecule has 1 rings (SSSR count). The minimum atomic E-state index is 0.987. The van der Waals surface area contributed by atoms with Crippen LogP contribution in [0.2, 0.25) is 0 Å². The molecule has 60 valence electrons. The molecule has 3 heteroatoms. The van der Waals surface area contributed by atoms with E-state index in [2.05, 4.69) is 23.7 Å².